The lowest BCUT2D eigenvalue weighted by Crippen LogP contribution is -2.25. The molecule has 7 nitrogen and oxygen atoms in total. The van der Waals surface area contributed by atoms with E-state index < -0.39 is 24.1 Å². The van der Waals surface area contributed by atoms with E-state index in [0.717, 1.165) is 0 Å². The third kappa shape index (κ3) is 6.68. The number of carbonyl (C=O) groups excluding carboxylic acids is 1. The van der Waals surface area contributed by atoms with Crippen molar-refractivity contribution in [1.29, 1.82) is 0 Å². The smallest absolute Gasteiger partial charge is 0.480 e. The molecule has 0 atom stereocenters. The van der Waals surface area contributed by atoms with Crippen molar-refractivity contribution in [2.45, 2.75) is 6.18 Å². The van der Waals surface area contributed by atoms with Crippen molar-refractivity contribution in [1.82, 2.24) is 0 Å². The van der Waals surface area contributed by atoms with E-state index in [1.165, 1.54) is 12.0 Å². The number of ether oxygens (including phenoxy) is 1. The highest BCUT2D eigenvalue weighted by Crippen LogP contribution is 2.36. The van der Waals surface area contributed by atoms with E-state index in [0.29, 0.717) is 32.1 Å². The van der Waals surface area contributed by atoms with Gasteiger partial charge in [0, 0.05) is 23.1 Å². The van der Waals surface area contributed by atoms with Gasteiger partial charge < -0.3 is 19.8 Å². The van der Waals surface area contributed by atoms with Crippen LogP contribution in [0.25, 0.3) is 10.8 Å². The van der Waals surface area contributed by atoms with Crippen molar-refractivity contribution in [2.75, 3.05) is 25.6 Å². The van der Waals surface area contributed by atoms with E-state index in [4.69, 9.17) is 42.9 Å². The molecule has 0 aliphatic rings. The number of likely N-dealkylation sites (N-methyl/N-ethyl adjacent to an activating group) is 1. The summed E-state index contributed by atoms with van der Waals surface area (Å²) in [5, 5.41) is 18.2. The van der Waals surface area contributed by atoms with Gasteiger partial charge in [0.1, 0.15) is 6.54 Å². The zero-order chi connectivity index (χ0) is 22.5. The molecule has 29 heavy (non-hydrogen) atoms. The van der Waals surface area contributed by atoms with Gasteiger partial charge in [0.05, 0.1) is 17.7 Å². The van der Waals surface area contributed by atoms with Crippen LogP contribution in [0.2, 0.25) is 10.0 Å². The average Bonchev–Trinajstić information content (AvgIpc) is 2.58. The van der Waals surface area contributed by atoms with Crippen molar-refractivity contribution < 1.29 is 42.5 Å². The molecular weight excluding hydrogens is 442 g/mol. The third-order valence-corrected chi connectivity index (χ3v) is 3.91. The lowest BCUT2D eigenvalue weighted by atomic mass is 10.0. The molecule has 0 saturated heterocycles. The molecular formula is C17H14Cl2F3NO6. The second kappa shape index (κ2) is 9.66. The summed E-state index contributed by atoms with van der Waals surface area (Å²) in [6.45, 7) is -0.237. The van der Waals surface area contributed by atoms with Gasteiger partial charge in [0.25, 0.3) is 0 Å². The van der Waals surface area contributed by atoms with Gasteiger partial charge in [-0.25, -0.2) is 9.59 Å². The first kappa shape index (κ1) is 24.3. The predicted molar refractivity (Wildman–Crippen MR) is 99.9 cm³/mol. The van der Waals surface area contributed by atoms with Gasteiger partial charge in [-0.2, -0.15) is 13.2 Å². The number of carbonyl (C=O) groups is 3. The molecule has 0 spiro atoms. The maximum absolute atomic E-state index is 11.8. The fourth-order valence-electron chi connectivity index (χ4n) is 2.23. The molecule has 0 aliphatic carbocycles. The Morgan fingerprint density at radius 1 is 1.10 bits per heavy atom. The zero-order valence-electron chi connectivity index (χ0n) is 14.9. The quantitative estimate of drug-likeness (QED) is 0.668. The van der Waals surface area contributed by atoms with Crippen LogP contribution in [0.15, 0.2) is 24.3 Å². The number of carboxylic acids is 2. The standard InChI is InChI=1S/C15H13Cl2NO4.C2HF3O2/c1-18(7-13(19)20)12-5-9(15(21)22-2)3-8-4-10(16)6-11(17)14(8)12;3-2(4,5)1(6)7/h3-6H,7H2,1-2H3,(H,19,20);(H,6,7). The largest absolute Gasteiger partial charge is 0.490 e. The zero-order valence-corrected chi connectivity index (χ0v) is 16.4. The van der Waals surface area contributed by atoms with Gasteiger partial charge in [0.2, 0.25) is 0 Å². The molecule has 2 aromatic rings. The van der Waals surface area contributed by atoms with E-state index in [1.807, 2.05) is 0 Å². The Labute approximate surface area is 172 Å². The highest BCUT2D eigenvalue weighted by molar-refractivity contribution is 6.39. The Bertz CT molecular complexity index is 949. The second-order valence-electron chi connectivity index (χ2n) is 5.53. The first-order valence-corrected chi connectivity index (χ1v) is 8.27. The molecule has 2 aromatic carbocycles. The van der Waals surface area contributed by atoms with Gasteiger partial charge in [-0.1, -0.05) is 23.2 Å². The SMILES string of the molecule is COC(=O)c1cc(N(C)CC(=O)O)c2c(Cl)cc(Cl)cc2c1.O=C(O)C(F)(F)F. The van der Waals surface area contributed by atoms with Crippen molar-refractivity contribution in [3.63, 3.8) is 0 Å². The molecule has 0 aromatic heterocycles. The van der Waals surface area contributed by atoms with Gasteiger partial charge in [0.15, 0.2) is 0 Å². The van der Waals surface area contributed by atoms with Gasteiger partial charge in [-0.3, -0.25) is 4.79 Å². The summed E-state index contributed by atoms with van der Waals surface area (Å²) >= 11 is 12.2. The summed E-state index contributed by atoms with van der Waals surface area (Å²) in [5.74, 6) is -4.28. The molecule has 0 radical (unpaired) electrons. The number of rotatable bonds is 4. The number of anilines is 1. The fraction of sp³-hybridized carbons (Fsp3) is 0.235. The van der Waals surface area contributed by atoms with Crippen LogP contribution in [-0.4, -0.2) is 55.0 Å². The number of halogens is 5. The summed E-state index contributed by atoms with van der Waals surface area (Å²) in [4.78, 5) is 33.1. The van der Waals surface area contributed by atoms with E-state index in [2.05, 4.69) is 0 Å². The Hall–Kier alpha value is -2.72. The predicted octanol–water partition coefficient (Wildman–Crippen LogP) is 4.09. The topological polar surface area (TPSA) is 104 Å². The molecule has 158 valence electrons. The highest BCUT2D eigenvalue weighted by atomic mass is 35.5. The molecule has 0 aliphatic heterocycles. The van der Waals surface area contributed by atoms with Gasteiger partial charge in [-0.05, 0) is 29.7 Å². The molecule has 0 unspecified atom stereocenters. The number of hydrogen-bond donors (Lipinski definition) is 2. The maximum atomic E-state index is 11.8. The van der Waals surface area contributed by atoms with E-state index in [9.17, 15) is 22.8 Å². The van der Waals surface area contributed by atoms with E-state index in [-0.39, 0.29) is 6.54 Å². The van der Waals surface area contributed by atoms with E-state index in [1.54, 1.807) is 31.3 Å². The van der Waals surface area contributed by atoms with Crippen LogP contribution < -0.4 is 4.90 Å². The lowest BCUT2D eigenvalue weighted by molar-refractivity contribution is -0.192. The summed E-state index contributed by atoms with van der Waals surface area (Å²) in [7, 11) is 2.88. The molecule has 0 fully saturated rings. The molecule has 0 amide bonds. The molecule has 0 saturated carbocycles. The summed E-state index contributed by atoms with van der Waals surface area (Å²) in [6.07, 6.45) is -5.08. The molecule has 2 N–H and O–H groups in total. The number of fused-ring (bicyclic) bond motifs is 1. The average molecular weight is 456 g/mol. The van der Waals surface area contributed by atoms with Gasteiger partial charge in [-0.15, -0.1) is 0 Å². The maximum Gasteiger partial charge on any atom is 0.490 e. The van der Waals surface area contributed by atoms with Crippen LogP contribution in [0.5, 0.6) is 0 Å². The number of alkyl halides is 3. The Kier molecular flexibility index (Phi) is 8.10. The Balaban J connectivity index is 0.000000516. The summed E-state index contributed by atoms with van der Waals surface area (Å²) in [6, 6.07) is 6.39. The van der Waals surface area contributed by atoms with Crippen LogP contribution in [0.4, 0.5) is 18.9 Å². The van der Waals surface area contributed by atoms with E-state index >= 15 is 0 Å². The summed E-state index contributed by atoms with van der Waals surface area (Å²) < 4.78 is 36.5. The van der Waals surface area contributed by atoms with Crippen LogP contribution in [0.3, 0.4) is 0 Å². The minimum atomic E-state index is -5.08. The van der Waals surface area contributed by atoms with Crippen LogP contribution in [0.1, 0.15) is 10.4 Å². The third-order valence-electron chi connectivity index (χ3n) is 3.39. The number of aliphatic carboxylic acids is 2. The lowest BCUT2D eigenvalue weighted by Gasteiger charge is -2.21. The normalized spacial score (nSPS) is 10.7. The van der Waals surface area contributed by atoms with Crippen molar-refractivity contribution >= 4 is 57.6 Å². The van der Waals surface area contributed by atoms with Crippen molar-refractivity contribution in [3.8, 4) is 0 Å². The Morgan fingerprint density at radius 2 is 1.66 bits per heavy atom. The number of methoxy groups -OCH3 is 1. The number of hydrogen-bond acceptors (Lipinski definition) is 5. The number of esters is 1. The first-order valence-electron chi connectivity index (χ1n) is 7.52. The molecule has 12 heteroatoms. The minimum absolute atomic E-state index is 0.237. The first-order chi connectivity index (χ1) is 13.3. The second-order valence-corrected chi connectivity index (χ2v) is 6.37. The monoisotopic (exact) mass is 455 g/mol. The number of carboxylic acid groups (broad SMARTS) is 2. The highest BCUT2D eigenvalue weighted by Gasteiger charge is 2.38. The Morgan fingerprint density at radius 3 is 2.10 bits per heavy atom. The minimum Gasteiger partial charge on any atom is -0.480 e. The fourth-order valence-corrected chi connectivity index (χ4v) is 2.84. The van der Waals surface area contributed by atoms with Crippen molar-refractivity contribution in [3.05, 3.63) is 39.9 Å². The molecule has 0 heterocycles. The molecule has 0 bridgehead atoms. The van der Waals surface area contributed by atoms with Crippen molar-refractivity contribution in [2.24, 2.45) is 0 Å². The number of nitrogens with zero attached hydrogens (tertiary/aromatic N) is 1. The van der Waals surface area contributed by atoms with Crippen LogP contribution >= 0.6 is 23.2 Å². The summed E-state index contributed by atoms with van der Waals surface area (Å²) in [5.41, 5.74) is 0.808. The number of benzene rings is 2. The van der Waals surface area contributed by atoms with Crippen LogP contribution in [-0.2, 0) is 14.3 Å². The van der Waals surface area contributed by atoms with Gasteiger partial charge >= 0.3 is 24.1 Å². The van der Waals surface area contributed by atoms with Crippen LogP contribution in [0, 0.1) is 0 Å². The molecule has 2 rings (SSSR count).